The highest BCUT2D eigenvalue weighted by Crippen LogP contribution is 2.42. The van der Waals surface area contributed by atoms with Gasteiger partial charge in [-0.3, -0.25) is 15.4 Å². The summed E-state index contributed by atoms with van der Waals surface area (Å²) in [6, 6.07) is 0.532. The van der Waals surface area contributed by atoms with Crippen LogP contribution in [0.3, 0.4) is 0 Å². The lowest BCUT2D eigenvalue weighted by molar-refractivity contribution is -0.0580. The first-order valence-electron chi connectivity index (χ1n) is 11.6. The molecule has 3 aliphatic rings. The van der Waals surface area contributed by atoms with Crippen LogP contribution in [0.4, 0.5) is 5.69 Å². The van der Waals surface area contributed by atoms with Crippen molar-refractivity contribution < 1.29 is 4.84 Å². The molecule has 2 aromatic heterocycles. The van der Waals surface area contributed by atoms with Gasteiger partial charge in [0.1, 0.15) is 5.60 Å². The summed E-state index contributed by atoms with van der Waals surface area (Å²) >= 11 is 0. The van der Waals surface area contributed by atoms with Gasteiger partial charge in [0.05, 0.1) is 28.7 Å². The molecule has 164 valence electrons. The zero-order valence-electron chi connectivity index (χ0n) is 18.0. The molecule has 9 heteroatoms. The largest absolute Gasteiger partial charge is 0.381 e. The molecule has 0 aromatic carbocycles. The van der Waals surface area contributed by atoms with Crippen LogP contribution in [0, 0.1) is 0 Å². The van der Waals surface area contributed by atoms with Gasteiger partial charge in [-0.05, 0) is 56.6 Å². The minimum Gasteiger partial charge on any atom is -0.381 e. The quantitative estimate of drug-likeness (QED) is 0.350. The van der Waals surface area contributed by atoms with Crippen molar-refractivity contribution in [2.75, 3.05) is 5.32 Å². The van der Waals surface area contributed by atoms with Gasteiger partial charge in [0, 0.05) is 22.6 Å². The molecule has 2 aromatic rings. The summed E-state index contributed by atoms with van der Waals surface area (Å²) in [7, 11) is 0. The number of aryl methyl sites for hydroxylation is 1. The van der Waals surface area contributed by atoms with E-state index in [1.165, 1.54) is 32.1 Å². The van der Waals surface area contributed by atoms with E-state index < -0.39 is 0 Å². The molecule has 1 spiro atoms. The van der Waals surface area contributed by atoms with Gasteiger partial charge in [0.15, 0.2) is 5.65 Å². The number of H-pyrrole nitrogens is 1. The summed E-state index contributed by atoms with van der Waals surface area (Å²) in [5, 5.41) is 16.1. The van der Waals surface area contributed by atoms with Crippen LogP contribution in [0.1, 0.15) is 76.0 Å². The van der Waals surface area contributed by atoms with Crippen molar-refractivity contribution in [3.8, 4) is 0 Å². The average Bonchev–Trinajstić information content (AvgIpc) is 3.43. The fourth-order valence-electron chi connectivity index (χ4n) is 5.29. The van der Waals surface area contributed by atoms with Crippen molar-refractivity contribution in [3.63, 3.8) is 0 Å². The van der Waals surface area contributed by atoms with E-state index in [9.17, 15) is 0 Å². The number of hydroxylamine groups is 1. The summed E-state index contributed by atoms with van der Waals surface area (Å²) in [6.45, 7) is 2.13. The molecule has 31 heavy (non-hydrogen) atoms. The Morgan fingerprint density at radius 3 is 2.81 bits per heavy atom. The van der Waals surface area contributed by atoms with E-state index >= 15 is 0 Å². The van der Waals surface area contributed by atoms with Gasteiger partial charge in [-0.2, -0.15) is 5.10 Å². The van der Waals surface area contributed by atoms with Crippen LogP contribution in [0.5, 0.6) is 0 Å². The van der Waals surface area contributed by atoms with E-state index in [-0.39, 0.29) is 11.6 Å². The fraction of sp³-hybridized carbons (Fsp3) is 0.636. The molecular weight excluding hydrogens is 392 g/mol. The zero-order valence-corrected chi connectivity index (χ0v) is 18.0. The van der Waals surface area contributed by atoms with Crippen LogP contribution in [0.25, 0.3) is 27.2 Å². The SMILES string of the molecule is CCc1nc2[nH]ncc2c(NC2CCCCC2)c1C1=CC2(CCC(N=[N+]=[N-])CC2)ON1. The number of nitrogens with one attached hydrogen (secondary N) is 3. The lowest BCUT2D eigenvalue weighted by Gasteiger charge is -2.32. The molecule has 3 N–H and O–H groups in total. The molecule has 0 amide bonds. The second-order valence-corrected chi connectivity index (χ2v) is 9.04. The van der Waals surface area contributed by atoms with Crippen molar-refractivity contribution in [1.82, 2.24) is 20.7 Å². The standard InChI is InChI=1S/C22H30N8O/c1-2-17-19(18-12-22(31-29-18)10-8-15(9-11-22)27-30-23)20(16-13-24-28-21(16)26-17)25-14-6-4-3-5-7-14/h12-15,29H,2-11H2,1H3,(H2,24,25,26,28). The lowest BCUT2D eigenvalue weighted by Crippen LogP contribution is -2.35. The van der Waals surface area contributed by atoms with Crippen molar-refractivity contribution >= 4 is 22.4 Å². The predicted molar refractivity (Wildman–Crippen MR) is 120 cm³/mol. The Hall–Kier alpha value is -2.77. The van der Waals surface area contributed by atoms with Gasteiger partial charge < -0.3 is 5.32 Å². The van der Waals surface area contributed by atoms with Gasteiger partial charge in [0.25, 0.3) is 0 Å². The van der Waals surface area contributed by atoms with Gasteiger partial charge in [-0.25, -0.2) is 4.98 Å². The minimum atomic E-state index is -0.352. The van der Waals surface area contributed by atoms with Crippen molar-refractivity contribution in [2.45, 2.75) is 88.8 Å². The second kappa shape index (κ2) is 8.40. The molecule has 3 heterocycles. The Bertz CT molecular complexity index is 1020. The van der Waals surface area contributed by atoms with Crippen LogP contribution in [0.15, 0.2) is 17.4 Å². The number of fused-ring (bicyclic) bond motifs is 1. The van der Waals surface area contributed by atoms with Crippen molar-refractivity contribution in [3.05, 3.63) is 34.0 Å². The molecule has 2 saturated carbocycles. The fourth-order valence-corrected chi connectivity index (χ4v) is 5.29. The average molecular weight is 423 g/mol. The summed E-state index contributed by atoms with van der Waals surface area (Å²) < 4.78 is 0. The number of aromatic amines is 1. The van der Waals surface area contributed by atoms with E-state index in [2.05, 4.69) is 44.0 Å². The topological polar surface area (TPSA) is 124 Å². The van der Waals surface area contributed by atoms with E-state index in [1.54, 1.807) is 0 Å². The van der Waals surface area contributed by atoms with Crippen molar-refractivity contribution in [1.29, 1.82) is 0 Å². The Balaban J connectivity index is 1.52. The third-order valence-corrected chi connectivity index (χ3v) is 7.02. The minimum absolute atomic E-state index is 0.0651. The van der Waals surface area contributed by atoms with E-state index in [0.29, 0.717) is 6.04 Å². The molecule has 2 aliphatic carbocycles. The Kier molecular flexibility index (Phi) is 5.46. The second-order valence-electron chi connectivity index (χ2n) is 9.04. The first-order chi connectivity index (χ1) is 15.2. The molecule has 0 unspecified atom stereocenters. The third kappa shape index (κ3) is 3.83. The molecule has 2 fully saturated rings. The number of hydrogen-bond donors (Lipinski definition) is 3. The molecule has 9 nitrogen and oxygen atoms in total. The van der Waals surface area contributed by atoms with Gasteiger partial charge in [-0.15, -0.1) is 0 Å². The highest BCUT2D eigenvalue weighted by molar-refractivity contribution is 5.96. The Labute approximate surface area is 181 Å². The van der Waals surface area contributed by atoms with Crippen LogP contribution in [0.2, 0.25) is 0 Å². The van der Waals surface area contributed by atoms with Crippen molar-refractivity contribution in [2.24, 2.45) is 5.11 Å². The number of nitrogens with zero attached hydrogens (tertiary/aromatic N) is 5. The van der Waals surface area contributed by atoms with Gasteiger partial charge in [-0.1, -0.05) is 31.3 Å². The Morgan fingerprint density at radius 1 is 1.26 bits per heavy atom. The van der Waals surface area contributed by atoms with E-state index in [1.807, 2.05) is 6.20 Å². The number of aromatic nitrogens is 3. The van der Waals surface area contributed by atoms with Gasteiger partial charge >= 0.3 is 0 Å². The molecule has 5 rings (SSSR count). The normalized spacial score (nSPS) is 26.5. The van der Waals surface area contributed by atoms with E-state index in [4.69, 9.17) is 15.4 Å². The molecule has 0 bridgehead atoms. The number of pyridine rings is 1. The summed E-state index contributed by atoms with van der Waals surface area (Å²) in [4.78, 5) is 14.0. The zero-order chi connectivity index (χ0) is 21.3. The summed E-state index contributed by atoms with van der Waals surface area (Å²) in [6.07, 6.45) is 14.5. The molecular formula is C22H30N8O. The number of rotatable bonds is 5. The summed E-state index contributed by atoms with van der Waals surface area (Å²) in [5.74, 6) is 0. The van der Waals surface area contributed by atoms with E-state index in [0.717, 1.165) is 65.8 Å². The number of hydrogen-bond acceptors (Lipinski definition) is 6. The number of azide groups is 1. The Morgan fingerprint density at radius 2 is 2.06 bits per heavy atom. The maximum absolute atomic E-state index is 8.74. The first kappa shape index (κ1) is 20.2. The monoisotopic (exact) mass is 422 g/mol. The van der Waals surface area contributed by atoms with Crippen LogP contribution in [-0.2, 0) is 11.3 Å². The maximum atomic E-state index is 8.74. The van der Waals surface area contributed by atoms with Crippen LogP contribution >= 0.6 is 0 Å². The molecule has 1 aliphatic heterocycles. The summed E-state index contributed by atoms with van der Waals surface area (Å²) in [5.41, 5.74) is 16.6. The maximum Gasteiger partial charge on any atom is 0.157 e. The molecule has 0 radical (unpaired) electrons. The molecule has 0 saturated heterocycles. The molecule has 0 atom stereocenters. The third-order valence-electron chi connectivity index (χ3n) is 7.02. The predicted octanol–water partition coefficient (Wildman–Crippen LogP) is 5.13. The lowest BCUT2D eigenvalue weighted by atomic mass is 9.81. The highest BCUT2D eigenvalue weighted by Gasteiger charge is 2.40. The smallest absolute Gasteiger partial charge is 0.157 e. The number of anilines is 1. The van der Waals surface area contributed by atoms with Crippen LogP contribution in [-0.4, -0.2) is 32.9 Å². The first-order valence-corrected chi connectivity index (χ1v) is 11.6. The van der Waals surface area contributed by atoms with Gasteiger partial charge in [0.2, 0.25) is 0 Å². The van der Waals surface area contributed by atoms with Crippen LogP contribution < -0.4 is 10.8 Å². The highest BCUT2D eigenvalue weighted by atomic mass is 16.7.